The zero-order valence-corrected chi connectivity index (χ0v) is 20.6. The summed E-state index contributed by atoms with van der Waals surface area (Å²) in [6, 6.07) is 8.73. The van der Waals surface area contributed by atoms with E-state index in [4.69, 9.17) is 9.57 Å². The van der Waals surface area contributed by atoms with Crippen LogP contribution >= 0.6 is 22.6 Å². The number of hydrogen-bond acceptors (Lipinski definition) is 7. The van der Waals surface area contributed by atoms with E-state index in [2.05, 4.69) is 37.8 Å². The maximum Gasteiger partial charge on any atom is 0.414 e. The number of hydroxylamine groups is 2. The van der Waals surface area contributed by atoms with Gasteiger partial charge in [-0.1, -0.05) is 0 Å². The molecule has 1 aromatic carbocycles. The van der Waals surface area contributed by atoms with Crippen molar-refractivity contribution >= 4 is 51.9 Å². The van der Waals surface area contributed by atoms with E-state index < -0.39 is 24.5 Å². The number of nitrogens with one attached hydrogen (secondary N) is 1. The van der Waals surface area contributed by atoms with Crippen molar-refractivity contribution in [1.82, 2.24) is 15.4 Å². The van der Waals surface area contributed by atoms with E-state index in [9.17, 15) is 23.2 Å². The molecule has 3 amide bonds. The van der Waals surface area contributed by atoms with Crippen molar-refractivity contribution in [2.24, 2.45) is 0 Å². The molecule has 0 bridgehead atoms. The highest BCUT2D eigenvalue weighted by Crippen LogP contribution is 2.30. The number of hydrogen-bond donors (Lipinski definition) is 1. The first-order chi connectivity index (χ1) is 16.8. The molecule has 4 rings (SSSR count). The molecule has 13 heteroatoms. The van der Waals surface area contributed by atoms with Crippen LogP contribution in [0.2, 0.25) is 0 Å². The summed E-state index contributed by atoms with van der Waals surface area (Å²) in [6.45, 7) is 1.73. The molecule has 1 atom stereocenters. The smallest absolute Gasteiger partial charge is 0.414 e. The molecule has 2 fully saturated rings. The lowest BCUT2D eigenvalue weighted by Gasteiger charge is -2.24. The van der Waals surface area contributed by atoms with Gasteiger partial charge < -0.3 is 15.0 Å². The van der Waals surface area contributed by atoms with Gasteiger partial charge in [0.1, 0.15) is 6.10 Å². The SMILES string of the molecule is O=C(NC[C@H]1CN(c2ccc(N3CCON(C(=O)c4ccncc4)CC3)c(I)c2)C(=O)O1)C(F)F. The van der Waals surface area contributed by atoms with E-state index >= 15 is 0 Å². The first-order valence-corrected chi connectivity index (χ1v) is 11.8. The Hall–Kier alpha value is -3.07. The molecule has 35 heavy (non-hydrogen) atoms. The second-order valence-electron chi connectivity index (χ2n) is 7.76. The number of ether oxygens (including phenoxy) is 1. The van der Waals surface area contributed by atoms with Gasteiger partial charge in [-0.25, -0.2) is 9.86 Å². The van der Waals surface area contributed by atoms with Gasteiger partial charge >= 0.3 is 12.5 Å². The standard InChI is InChI=1S/C22H22F2IN5O5/c23-19(24)20(31)27-12-16-13-29(22(33)35-16)15-1-2-18(17(25)11-15)28-7-8-30(34-10-9-28)21(32)14-3-5-26-6-4-14/h1-6,11,16,19H,7-10,12-13H2,(H,27,31)/t16-/m0/s1. The predicted octanol–water partition coefficient (Wildman–Crippen LogP) is 2.29. The fraction of sp³-hybridized carbons (Fsp3) is 0.364. The first-order valence-electron chi connectivity index (χ1n) is 10.8. The second-order valence-corrected chi connectivity index (χ2v) is 8.92. The Kier molecular flexibility index (Phi) is 7.95. The van der Waals surface area contributed by atoms with Gasteiger partial charge in [-0.15, -0.1) is 0 Å². The largest absolute Gasteiger partial charge is 0.442 e. The summed E-state index contributed by atoms with van der Waals surface area (Å²) in [6.07, 6.45) is -1.35. The van der Waals surface area contributed by atoms with Crippen molar-refractivity contribution in [1.29, 1.82) is 0 Å². The van der Waals surface area contributed by atoms with Gasteiger partial charge in [0.2, 0.25) is 0 Å². The van der Waals surface area contributed by atoms with Crippen LogP contribution in [0.25, 0.3) is 0 Å². The zero-order valence-electron chi connectivity index (χ0n) is 18.4. The van der Waals surface area contributed by atoms with Crippen molar-refractivity contribution in [3.8, 4) is 0 Å². The summed E-state index contributed by atoms with van der Waals surface area (Å²) >= 11 is 2.17. The van der Waals surface area contributed by atoms with Crippen molar-refractivity contribution in [2.75, 3.05) is 49.1 Å². The molecule has 2 aliphatic rings. The molecule has 0 spiro atoms. The van der Waals surface area contributed by atoms with Crippen LogP contribution in [0.3, 0.4) is 0 Å². The van der Waals surface area contributed by atoms with Crippen LogP contribution in [0.15, 0.2) is 42.7 Å². The van der Waals surface area contributed by atoms with E-state index in [0.717, 1.165) is 9.26 Å². The lowest BCUT2D eigenvalue weighted by molar-refractivity contribution is -0.132. The summed E-state index contributed by atoms with van der Waals surface area (Å²) in [5.41, 5.74) is 2.01. The highest BCUT2D eigenvalue weighted by Gasteiger charge is 2.33. The van der Waals surface area contributed by atoms with E-state index in [1.165, 1.54) is 9.96 Å². The molecule has 0 unspecified atom stereocenters. The summed E-state index contributed by atoms with van der Waals surface area (Å²) in [5, 5.41) is 3.41. The monoisotopic (exact) mass is 601 g/mol. The number of cyclic esters (lactones) is 1. The maximum atomic E-state index is 12.7. The minimum Gasteiger partial charge on any atom is -0.442 e. The molecule has 0 radical (unpaired) electrons. The fourth-order valence-corrected chi connectivity index (χ4v) is 4.58. The minimum atomic E-state index is -3.12. The van der Waals surface area contributed by atoms with Gasteiger partial charge in [0.15, 0.2) is 0 Å². The molecule has 186 valence electrons. The summed E-state index contributed by atoms with van der Waals surface area (Å²) < 4.78 is 30.8. The molecule has 1 N–H and O–H groups in total. The summed E-state index contributed by atoms with van der Waals surface area (Å²) in [7, 11) is 0. The van der Waals surface area contributed by atoms with Crippen LogP contribution in [-0.2, 0) is 14.4 Å². The van der Waals surface area contributed by atoms with E-state index in [0.29, 0.717) is 37.5 Å². The molecule has 1 aromatic heterocycles. The van der Waals surface area contributed by atoms with E-state index in [1.54, 1.807) is 30.6 Å². The quantitative estimate of drug-likeness (QED) is 0.507. The number of nitrogens with zero attached hydrogens (tertiary/aromatic N) is 4. The third-order valence-electron chi connectivity index (χ3n) is 5.49. The first kappa shape index (κ1) is 25.0. The Balaban J connectivity index is 1.38. The molecule has 10 nitrogen and oxygen atoms in total. The van der Waals surface area contributed by atoms with E-state index in [-0.39, 0.29) is 19.0 Å². The second kappa shape index (κ2) is 11.1. The van der Waals surface area contributed by atoms with Gasteiger partial charge in [-0.2, -0.15) is 8.78 Å². The Morgan fingerprint density at radius 1 is 1.17 bits per heavy atom. The average molecular weight is 601 g/mol. The van der Waals surface area contributed by atoms with Gasteiger partial charge in [0.05, 0.1) is 31.9 Å². The van der Waals surface area contributed by atoms with Crippen molar-refractivity contribution in [3.63, 3.8) is 0 Å². The topological polar surface area (TPSA) is 104 Å². The van der Waals surface area contributed by atoms with Crippen LogP contribution in [0, 0.1) is 3.57 Å². The Morgan fingerprint density at radius 3 is 2.66 bits per heavy atom. The number of benzene rings is 1. The van der Waals surface area contributed by atoms with Crippen molar-refractivity contribution in [3.05, 3.63) is 51.9 Å². The van der Waals surface area contributed by atoms with Crippen molar-refractivity contribution < 1.29 is 32.7 Å². The molecular weight excluding hydrogens is 579 g/mol. The van der Waals surface area contributed by atoms with Gasteiger partial charge in [0, 0.05) is 40.3 Å². The fourth-order valence-electron chi connectivity index (χ4n) is 3.74. The molecule has 0 aliphatic carbocycles. The Morgan fingerprint density at radius 2 is 1.94 bits per heavy atom. The van der Waals surface area contributed by atoms with Gasteiger partial charge in [-0.3, -0.25) is 24.3 Å². The number of alkyl halides is 2. The highest BCUT2D eigenvalue weighted by atomic mass is 127. The third-order valence-corrected chi connectivity index (χ3v) is 6.36. The molecule has 2 saturated heterocycles. The number of carbonyl (C=O) groups is 3. The van der Waals surface area contributed by atoms with Crippen LogP contribution < -0.4 is 15.1 Å². The molecule has 3 heterocycles. The lowest BCUT2D eigenvalue weighted by Crippen LogP contribution is -2.37. The number of anilines is 2. The van der Waals surface area contributed by atoms with Gasteiger partial charge in [0.25, 0.3) is 11.8 Å². The van der Waals surface area contributed by atoms with E-state index in [1.807, 2.05) is 12.1 Å². The van der Waals surface area contributed by atoms with Crippen LogP contribution in [-0.4, -0.2) is 79.8 Å². The maximum absolute atomic E-state index is 12.7. The molecule has 2 aromatic rings. The Labute approximate surface area is 213 Å². The molecule has 2 aliphatic heterocycles. The predicted molar refractivity (Wildman–Crippen MR) is 129 cm³/mol. The zero-order chi connectivity index (χ0) is 24.9. The summed E-state index contributed by atoms with van der Waals surface area (Å²) in [5.74, 6) is -1.63. The normalized spacial score (nSPS) is 18.5. The number of rotatable bonds is 6. The van der Waals surface area contributed by atoms with Crippen LogP contribution in [0.4, 0.5) is 25.0 Å². The molecular formula is C22H22F2IN5O5. The molecule has 0 saturated carbocycles. The minimum absolute atomic E-state index is 0.126. The number of pyridine rings is 1. The number of amides is 3. The average Bonchev–Trinajstić information content (AvgIpc) is 3.06. The van der Waals surface area contributed by atoms with Gasteiger partial charge in [-0.05, 0) is 52.9 Å². The lowest BCUT2D eigenvalue weighted by atomic mass is 10.2. The van der Waals surface area contributed by atoms with Crippen molar-refractivity contribution in [2.45, 2.75) is 12.5 Å². The number of aromatic nitrogens is 1. The van der Waals surface area contributed by atoms with Crippen LogP contribution in [0.5, 0.6) is 0 Å². The third kappa shape index (κ3) is 5.96. The summed E-state index contributed by atoms with van der Waals surface area (Å²) in [4.78, 5) is 49.1. The Bertz CT molecular complexity index is 1090. The highest BCUT2D eigenvalue weighted by molar-refractivity contribution is 14.1. The van der Waals surface area contributed by atoms with Crippen LogP contribution in [0.1, 0.15) is 10.4 Å². The number of halogens is 3. The number of carbonyl (C=O) groups excluding carboxylic acids is 3.